The summed E-state index contributed by atoms with van der Waals surface area (Å²) in [7, 11) is 0. The molecule has 1 aliphatic carbocycles. The summed E-state index contributed by atoms with van der Waals surface area (Å²) < 4.78 is 5.41. The lowest BCUT2D eigenvalue weighted by molar-refractivity contribution is -0.130. The van der Waals surface area contributed by atoms with Gasteiger partial charge >= 0.3 is 12.0 Å². The van der Waals surface area contributed by atoms with Crippen molar-refractivity contribution in [2.24, 2.45) is 11.3 Å². The van der Waals surface area contributed by atoms with Crippen molar-refractivity contribution in [1.82, 2.24) is 15.2 Å². The third-order valence-corrected chi connectivity index (χ3v) is 6.17. The quantitative estimate of drug-likeness (QED) is 0.787. The number of aryl methyl sites for hydroxylation is 1. The Hall–Kier alpha value is -2.96. The number of ether oxygens (including phenoxy) is 1. The molecule has 0 saturated carbocycles. The van der Waals surface area contributed by atoms with Crippen LogP contribution in [-0.4, -0.2) is 47.5 Å². The highest BCUT2D eigenvalue weighted by atomic mass is 16.5. The highest BCUT2D eigenvalue weighted by Gasteiger charge is 2.33. The van der Waals surface area contributed by atoms with E-state index in [2.05, 4.69) is 26.1 Å². The topological polar surface area (TPSA) is 88.6 Å². The summed E-state index contributed by atoms with van der Waals surface area (Å²) in [6.45, 7) is 6.89. The number of carbonyl (C=O) groups excluding carboxylic acids is 3. The first-order valence-corrected chi connectivity index (χ1v) is 10.4. The number of aromatic nitrogens is 1. The molecule has 2 heterocycles. The van der Waals surface area contributed by atoms with Gasteiger partial charge in [0.15, 0.2) is 6.61 Å². The van der Waals surface area contributed by atoms with Gasteiger partial charge in [-0.05, 0) is 42.2 Å². The zero-order valence-electron chi connectivity index (χ0n) is 17.7. The molecule has 7 nitrogen and oxygen atoms in total. The van der Waals surface area contributed by atoms with Crippen LogP contribution in [0.2, 0.25) is 0 Å². The molecule has 158 valence electrons. The Bertz CT molecular complexity index is 1030. The third kappa shape index (κ3) is 3.76. The second kappa shape index (κ2) is 7.70. The van der Waals surface area contributed by atoms with Gasteiger partial charge in [0.25, 0.3) is 5.91 Å². The fraction of sp³-hybridized carbons (Fsp3) is 0.478. The first-order chi connectivity index (χ1) is 14.3. The van der Waals surface area contributed by atoms with Crippen LogP contribution in [0.5, 0.6) is 0 Å². The summed E-state index contributed by atoms with van der Waals surface area (Å²) >= 11 is 0. The molecule has 0 radical (unpaired) electrons. The summed E-state index contributed by atoms with van der Waals surface area (Å²) in [5, 5.41) is 3.31. The molecule has 1 saturated heterocycles. The predicted molar refractivity (Wildman–Crippen MR) is 112 cm³/mol. The molecule has 30 heavy (non-hydrogen) atoms. The Morgan fingerprint density at radius 1 is 1.27 bits per heavy atom. The highest BCUT2D eigenvalue weighted by Crippen LogP contribution is 2.39. The van der Waals surface area contributed by atoms with E-state index < -0.39 is 24.5 Å². The summed E-state index contributed by atoms with van der Waals surface area (Å²) in [4.78, 5) is 43.0. The van der Waals surface area contributed by atoms with Gasteiger partial charge < -0.3 is 10.1 Å². The standard InChI is InChI=1S/C23H27N3O4/c1-23(2,3)14-8-9-18-16(12-14)20(15-6-4-5-7-17(15)25-18)21(28)30-13-19(27)26-11-10-24-22(26)29/h4-7,14H,8-13H2,1-3H3,(H,24,29)/t14-/m0/s1. The zero-order valence-corrected chi connectivity index (χ0v) is 17.7. The molecule has 1 atom stereocenters. The Labute approximate surface area is 175 Å². The van der Waals surface area contributed by atoms with Gasteiger partial charge in [-0.15, -0.1) is 0 Å². The number of pyridine rings is 1. The van der Waals surface area contributed by atoms with E-state index in [0.29, 0.717) is 18.0 Å². The SMILES string of the molecule is CC(C)(C)[C@H]1CCc2nc3ccccc3c(C(=O)OCC(=O)N3CCNC3=O)c2C1. The Morgan fingerprint density at radius 2 is 2.03 bits per heavy atom. The average molecular weight is 409 g/mol. The first-order valence-electron chi connectivity index (χ1n) is 10.4. The number of urea groups is 1. The van der Waals surface area contributed by atoms with Crippen molar-refractivity contribution in [3.63, 3.8) is 0 Å². The molecule has 0 bridgehead atoms. The van der Waals surface area contributed by atoms with Crippen molar-refractivity contribution in [2.45, 2.75) is 40.0 Å². The van der Waals surface area contributed by atoms with E-state index in [9.17, 15) is 14.4 Å². The fourth-order valence-corrected chi connectivity index (χ4v) is 4.35. The van der Waals surface area contributed by atoms with Crippen molar-refractivity contribution in [1.29, 1.82) is 0 Å². The fourth-order valence-electron chi connectivity index (χ4n) is 4.35. The summed E-state index contributed by atoms with van der Waals surface area (Å²) in [5.74, 6) is -0.625. The van der Waals surface area contributed by atoms with E-state index >= 15 is 0 Å². The molecular formula is C23H27N3O4. The number of nitrogens with zero attached hydrogens (tertiary/aromatic N) is 2. The number of esters is 1. The molecule has 2 aromatic rings. The van der Waals surface area contributed by atoms with Crippen LogP contribution in [0.15, 0.2) is 24.3 Å². The van der Waals surface area contributed by atoms with Gasteiger partial charge in [-0.3, -0.25) is 14.7 Å². The summed E-state index contributed by atoms with van der Waals surface area (Å²) in [6, 6.07) is 7.08. The molecule has 1 aromatic carbocycles. The minimum atomic E-state index is -0.535. The van der Waals surface area contributed by atoms with Crippen molar-refractivity contribution in [2.75, 3.05) is 19.7 Å². The number of carbonyl (C=O) groups is 3. The van der Waals surface area contributed by atoms with Crippen molar-refractivity contribution in [3.8, 4) is 0 Å². The number of amides is 3. The number of imide groups is 1. The molecule has 0 unspecified atom stereocenters. The summed E-state index contributed by atoms with van der Waals surface area (Å²) in [5.41, 5.74) is 3.23. The van der Waals surface area contributed by atoms with Gasteiger partial charge in [-0.1, -0.05) is 39.0 Å². The monoisotopic (exact) mass is 409 g/mol. The van der Waals surface area contributed by atoms with Crippen LogP contribution >= 0.6 is 0 Å². The van der Waals surface area contributed by atoms with Crippen LogP contribution in [0.25, 0.3) is 10.9 Å². The number of hydrogen-bond donors (Lipinski definition) is 1. The van der Waals surface area contributed by atoms with Crippen LogP contribution in [-0.2, 0) is 22.4 Å². The number of para-hydroxylation sites is 1. The maximum atomic E-state index is 13.2. The second-order valence-electron chi connectivity index (χ2n) is 9.09. The molecule has 3 amide bonds. The molecule has 7 heteroatoms. The number of benzene rings is 1. The van der Waals surface area contributed by atoms with E-state index in [-0.39, 0.29) is 12.0 Å². The zero-order chi connectivity index (χ0) is 21.5. The van der Waals surface area contributed by atoms with E-state index in [1.807, 2.05) is 24.3 Å². The lowest BCUT2D eigenvalue weighted by Crippen LogP contribution is -2.37. The summed E-state index contributed by atoms with van der Waals surface area (Å²) in [6.07, 6.45) is 2.59. The molecule has 2 aliphatic rings. The average Bonchev–Trinajstić information content (AvgIpc) is 3.14. The van der Waals surface area contributed by atoms with Gasteiger partial charge in [-0.2, -0.15) is 0 Å². The highest BCUT2D eigenvalue weighted by molar-refractivity contribution is 6.06. The van der Waals surface area contributed by atoms with Gasteiger partial charge in [0.2, 0.25) is 0 Å². The lowest BCUT2D eigenvalue weighted by Gasteiger charge is -2.35. The van der Waals surface area contributed by atoms with E-state index in [1.165, 1.54) is 0 Å². The molecule has 1 N–H and O–H groups in total. The van der Waals surface area contributed by atoms with Gasteiger partial charge in [0.05, 0.1) is 11.1 Å². The maximum Gasteiger partial charge on any atom is 0.339 e. The van der Waals surface area contributed by atoms with E-state index in [4.69, 9.17) is 9.72 Å². The first kappa shape index (κ1) is 20.3. The Morgan fingerprint density at radius 3 is 2.73 bits per heavy atom. The Balaban J connectivity index is 1.66. The van der Waals surface area contributed by atoms with Crippen LogP contribution in [0.4, 0.5) is 4.79 Å². The van der Waals surface area contributed by atoms with Crippen LogP contribution in [0.3, 0.4) is 0 Å². The second-order valence-corrected chi connectivity index (χ2v) is 9.09. The number of fused-ring (bicyclic) bond motifs is 2. The third-order valence-electron chi connectivity index (χ3n) is 6.17. The van der Waals surface area contributed by atoms with E-state index in [1.54, 1.807) is 0 Å². The van der Waals surface area contributed by atoms with Crippen molar-refractivity contribution < 1.29 is 19.1 Å². The van der Waals surface area contributed by atoms with Gasteiger partial charge in [-0.25, -0.2) is 9.59 Å². The van der Waals surface area contributed by atoms with Crippen LogP contribution < -0.4 is 5.32 Å². The minimum absolute atomic E-state index is 0.115. The van der Waals surface area contributed by atoms with Gasteiger partial charge in [0, 0.05) is 24.2 Å². The van der Waals surface area contributed by atoms with Gasteiger partial charge in [0.1, 0.15) is 0 Å². The lowest BCUT2D eigenvalue weighted by atomic mass is 9.70. The molecule has 0 spiro atoms. The molecule has 1 fully saturated rings. The smallest absolute Gasteiger partial charge is 0.339 e. The molecule has 1 aliphatic heterocycles. The molecule has 1 aromatic heterocycles. The normalized spacial score (nSPS) is 18.8. The predicted octanol–water partition coefficient (Wildman–Crippen LogP) is 3.09. The maximum absolute atomic E-state index is 13.2. The van der Waals surface area contributed by atoms with Crippen LogP contribution in [0.1, 0.15) is 48.8 Å². The number of nitrogens with one attached hydrogen (secondary N) is 1. The molecule has 4 rings (SSSR count). The van der Waals surface area contributed by atoms with E-state index in [0.717, 1.165) is 46.3 Å². The van der Waals surface area contributed by atoms with Crippen molar-refractivity contribution >= 4 is 28.8 Å². The van der Waals surface area contributed by atoms with Crippen molar-refractivity contribution in [3.05, 3.63) is 41.1 Å². The number of hydrogen-bond acceptors (Lipinski definition) is 5. The number of rotatable bonds is 3. The largest absolute Gasteiger partial charge is 0.452 e. The Kier molecular flexibility index (Phi) is 5.22. The minimum Gasteiger partial charge on any atom is -0.452 e. The van der Waals surface area contributed by atoms with Crippen LogP contribution in [0, 0.1) is 11.3 Å². The molecular weight excluding hydrogens is 382 g/mol.